The summed E-state index contributed by atoms with van der Waals surface area (Å²) in [5.41, 5.74) is -1.29. The van der Waals surface area contributed by atoms with Gasteiger partial charge in [0.1, 0.15) is 17.1 Å². The van der Waals surface area contributed by atoms with E-state index < -0.39 is 17.4 Å². The molecule has 1 fully saturated rings. The smallest absolute Gasteiger partial charge is 0.313 e. The van der Waals surface area contributed by atoms with Crippen LogP contribution < -0.4 is 10.9 Å². The summed E-state index contributed by atoms with van der Waals surface area (Å²) in [5.74, 6) is -0.0979. The summed E-state index contributed by atoms with van der Waals surface area (Å²) < 4.78 is 5.21. The molecule has 0 spiro atoms. The molecule has 1 aliphatic rings. The molecule has 2 heterocycles. The van der Waals surface area contributed by atoms with E-state index in [9.17, 15) is 14.7 Å². The van der Waals surface area contributed by atoms with Gasteiger partial charge in [0.05, 0.1) is 19.3 Å². The van der Waals surface area contributed by atoms with Crippen molar-refractivity contribution in [1.29, 1.82) is 0 Å². The van der Waals surface area contributed by atoms with Gasteiger partial charge in [-0.1, -0.05) is 0 Å². The van der Waals surface area contributed by atoms with Crippen molar-refractivity contribution >= 4 is 11.8 Å². The quantitative estimate of drug-likeness (QED) is 0.699. The second-order valence-electron chi connectivity index (χ2n) is 4.65. The molecular formula is C11H15N3O4. The normalized spacial score (nSPS) is 27.1. The maximum absolute atomic E-state index is 11.3. The van der Waals surface area contributed by atoms with Gasteiger partial charge >= 0.3 is 5.97 Å². The van der Waals surface area contributed by atoms with Gasteiger partial charge in [-0.3, -0.25) is 9.59 Å². The van der Waals surface area contributed by atoms with Gasteiger partial charge in [0.25, 0.3) is 5.56 Å². The van der Waals surface area contributed by atoms with Crippen LogP contribution in [0.1, 0.15) is 12.7 Å². The summed E-state index contributed by atoms with van der Waals surface area (Å²) in [5, 5.41) is 12.2. The average Bonchev–Trinajstić information content (AvgIpc) is 2.60. The minimum Gasteiger partial charge on any atom is -0.481 e. The fourth-order valence-corrected chi connectivity index (χ4v) is 1.92. The summed E-state index contributed by atoms with van der Waals surface area (Å²) in [4.78, 5) is 29.2. The van der Waals surface area contributed by atoms with Crippen molar-refractivity contribution < 1.29 is 14.6 Å². The van der Waals surface area contributed by atoms with Crippen LogP contribution in [-0.4, -0.2) is 40.3 Å². The molecule has 98 valence electrons. The number of rotatable bonds is 3. The lowest BCUT2D eigenvalue weighted by atomic mass is 9.85. The van der Waals surface area contributed by atoms with Crippen LogP contribution in [0.25, 0.3) is 0 Å². The molecule has 0 amide bonds. The highest BCUT2D eigenvalue weighted by molar-refractivity contribution is 5.76. The Morgan fingerprint density at radius 1 is 1.72 bits per heavy atom. The number of H-pyrrole nitrogens is 1. The zero-order chi connectivity index (χ0) is 13.3. The summed E-state index contributed by atoms with van der Waals surface area (Å²) in [6, 6.07) is 0.886. The number of aromatic amines is 1. The molecule has 0 aromatic carbocycles. The lowest BCUT2D eigenvalue weighted by Gasteiger charge is -2.25. The van der Waals surface area contributed by atoms with E-state index in [0.29, 0.717) is 11.6 Å². The highest BCUT2D eigenvalue weighted by Crippen LogP contribution is 2.30. The number of aryl methyl sites for hydroxylation is 1. The molecule has 18 heavy (non-hydrogen) atoms. The molecule has 2 rings (SSSR count). The number of hydrogen-bond donors (Lipinski definition) is 3. The Morgan fingerprint density at radius 2 is 2.44 bits per heavy atom. The van der Waals surface area contributed by atoms with Crippen LogP contribution in [-0.2, 0) is 9.53 Å². The van der Waals surface area contributed by atoms with Crippen molar-refractivity contribution in [2.45, 2.75) is 19.9 Å². The van der Waals surface area contributed by atoms with Gasteiger partial charge in [-0.25, -0.2) is 4.98 Å². The van der Waals surface area contributed by atoms with Gasteiger partial charge in [0, 0.05) is 6.07 Å². The number of anilines is 1. The van der Waals surface area contributed by atoms with Crippen molar-refractivity contribution in [1.82, 2.24) is 9.97 Å². The number of ether oxygens (including phenoxy) is 1. The van der Waals surface area contributed by atoms with Gasteiger partial charge in [-0.15, -0.1) is 0 Å². The van der Waals surface area contributed by atoms with Gasteiger partial charge in [0.2, 0.25) is 0 Å². The molecule has 0 aliphatic carbocycles. The Kier molecular flexibility index (Phi) is 3.08. The largest absolute Gasteiger partial charge is 0.481 e. The van der Waals surface area contributed by atoms with Crippen LogP contribution >= 0.6 is 0 Å². The SMILES string of the molecule is Cc1nc(NC2COCC2(C)C(=O)O)cc(=O)[nH]1. The Bertz CT molecular complexity index is 527. The first-order chi connectivity index (χ1) is 8.41. The number of aliphatic carboxylic acids is 1. The van der Waals surface area contributed by atoms with Gasteiger partial charge < -0.3 is 20.1 Å². The van der Waals surface area contributed by atoms with Crippen molar-refractivity contribution in [2.75, 3.05) is 18.5 Å². The average molecular weight is 253 g/mol. The molecule has 2 unspecified atom stereocenters. The zero-order valence-corrected chi connectivity index (χ0v) is 10.2. The lowest BCUT2D eigenvalue weighted by molar-refractivity contribution is -0.148. The van der Waals surface area contributed by atoms with Crippen molar-refractivity contribution in [3.05, 3.63) is 22.2 Å². The molecule has 7 nitrogen and oxygen atoms in total. The van der Waals surface area contributed by atoms with Crippen LogP contribution in [0.2, 0.25) is 0 Å². The molecule has 1 saturated heterocycles. The summed E-state index contributed by atoms with van der Waals surface area (Å²) in [6.45, 7) is 3.69. The number of carboxylic acid groups (broad SMARTS) is 1. The van der Waals surface area contributed by atoms with Crippen LogP contribution in [0, 0.1) is 12.3 Å². The molecule has 0 bridgehead atoms. The highest BCUT2D eigenvalue weighted by Gasteiger charge is 2.46. The number of nitrogens with zero attached hydrogens (tertiary/aromatic N) is 1. The second-order valence-corrected chi connectivity index (χ2v) is 4.65. The van der Waals surface area contributed by atoms with Crippen molar-refractivity contribution in [2.24, 2.45) is 5.41 Å². The van der Waals surface area contributed by atoms with Crippen LogP contribution in [0.15, 0.2) is 10.9 Å². The van der Waals surface area contributed by atoms with E-state index in [1.54, 1.807) is 13.8 Å². The van der Waals surface area contributed by atoms with Crippen molar-refractivity contribution in [3.63, 3.8) is 0 Å². The standard InChI is InChI=1S/C11H15N3O4/c1-6-12-8(3-9(15)13-6)14-7-4-18-5-11(7,2)10(16)17/h3,7H,4-5H2,1-2H3,(H,16,17)(H2,12,13,14,15). The minimum atomic E-state index is -1.02. The minimum absolute atomic E-state index is 0.141. The maximum atomic E-state index is 11.3. The predicted octanol–water partition coefficient (Wildman–Crippen LogP) is -0.0201. The Hall–Kier alpha value is -1.89. The molecule has 1 aliphatic heterocycles. The third-order valence-corrected chi connectivity index (χ3v) is 3.13. The van der Waals surface area contributed by atoms with E-state index >= 15 is 0 Å². The van der Waals surface area contributed by atoms with E-state index in [0.717, 1.165) is 0 Å². The third-order valence-electron chi connectivity index (χ3n) is 3.13. The Balaban J connectivity index is 2.23. The molecule has 7 heteroatoms. The molecule has 2 atom stereocenters. The number of carbonyl (C=O) groups is 1. The van der Waals surface area contributed by atoms with E-state index in [1.165, 1.54) is 6.07 Å². The van der Waals surface area contributed by atoms with Crippen LogP contribution in [0.5, 0.6) is 0 Å². The van der Waals surface area contributed by atoms with Gasteiger partial charge in [0.15, 0.2) is 0 Å². The number of aromatic nitrogens is 2. The highest BCUT2D eigenvalue weighted by atomic mass is 16.5. The number of carboxylic acids is 1. The predicted molar refractivity (Wildman–Crippen MR) is 63.6 cm³/mol. The van der Waals surface area contributed by atoms with Gasteiger partial charge in [-0.05, 0) is 13.8 Å². The molecule has 1 aromatic rings. The first-order valence-electron chi connectivity index (χ1n) is 5.57. The van der Waals surface area contributed by atoms with E-state index in [4.69, 9.17) is 4.74 Å². The molecule has 3 N–H and O–H groups in total. The molecule has 0 radical (unpaired) electrons. The third kappa shape index (κ3) is 2.21. The Morgan fingerprint density at radius 3 is 3.06 bits per heavy atom. The van der Waals surface area contributed by atoms with E-state index in [-0.39, 0.29) is 18.8 Å². The summed E-state index contributed by atoms with van der Waals surface area (Å²) >= 11 is 0. The lowest BCUT2D eigenvalue weighted by Crippen LogP contribution is -2.43. The van der Waals surface area contributed by atoms with Gasteiger partial charge in [-0.2, -0.15) is 0 Å². The number of hydrogen-bond acceptors (Lipinski definition) is 5. The Labute approximate surface area is 103 Å². The monoisotopic (exact) mass is 253 g/mol. The van der Waals surface area contributed by atoms with E-state index in [2.05, 4.69) is 15.3 Å². The van der Waals surface area contributed by atoms with E-state index in [1.807, 2.05) is 0 Å². The first-order valence-corrected chi connectivity index (χ1v) is 5.57. The topological polar surface area (TPSA) is 104 Å². The number of nitrogens with one attached hydrogen (secondary N) is 2. The molecule has 1 aromatic heterocycles. The van der Waals surface area contributed by atoms with Crippen LogP contribution in [0.3, 0.4) is 0 Å². The first kappa shape index (κ1) is 12.6. The maximum Gasteiger partial charge on any atom is 0.313 e. The van der Waals surface area contributed by atoms with Crippen LogP contribution in [0.4, 0.5) is 5.82 Å². The zero-order valence-electron chi connectivity index (χ0n) is 10.2. The fraction of sp³-hybridized carbons (Fsp3) is 0.545. The van der Waals surface area contributed by atoms with Crippen molar-refractivity contribution in [3.8, 4) is 0 Å². The summed E-state index contributed by atoms with van der Waals surface area (Å²) in [7, 11) is 0. The summed E-state index contributed by atoms with van der Waals surface area (Å²) in [6.07, 6.45) is 0. The second kappa shape index (κ2) is 4.41. The molecule has 0 saturated carbocycles. The fourth-order valence-electron chi connectivity index (χ4n) is 1.92. The molecular weight excluding hydrogens is 238 g/mol.